The van der Waals surface area contributed by atoms with Gasteiger partial charge in [0, 0.05) is 19.3 Å². The second kappa shape index (κ2) is 7.38. The first-order valence-corrected chi connectivity index (χ1v) is 7.71. The molecule has 100 valence electrons. The van der Waals surface area contributed by atoms with E-state index in [0.717, 1.165) is 31.1 Å². The molecule has 1 saturated heterocycles. The third-order valence-electron chi connectivity index (χ3n) is 4.58. The summed E-state index contributed by atoms with van der Waals surface area (Å²) in [7, 11) is 0. The van der Waals surface area contributed by atoms with Crippen LogP contribution in [0.2, 0.25) is 0 Å². The Bertz CT molecular complexity index is 201. The monoisotopic (exact) mass is 239 g/mol. The molecule has 1 saturated carbocycles. The van der Waals surface area contributed by atoms with Gasteiger partial charge < -0.3 is 10.1 Å². The van der Waals surface area contributed by atoms with Gasteiger partial charge in [-0.2, -0.15) is 0 Å². The Morgan fingerprint density at radius 3 is 2.53 bits per heavy atom. The molecular weight excluding hydrogens is 210 g/mol. The van der Waals surface area contributed by atoms with Crippen molar-refractivity contribution in [1.29, 1.82) is 0 Å². The normalized spacial score (nSPS) is 32.3. The number of ether oxygens (including phenoxy) is 1. The van der Waals surface area contributed by atoms with Crippen molar-refractivity contribution in [2.45, 2.75) is 64.3 Å². The van der Waals surface area contributed by atoms with E-state index in [1.54, 1.807) is 0 Å². The lowest BCUT2D eigenvalue weighted by molar-refractivity contribution is 0.0422. The van der Waals surface area contributed by atoms with Crippen LogP contribution in [-0.2, 0) is 4.74 Å². The van der Waals surface area contributed by atoms with Crippen LogP contribution in [0.5, 0.6) is 0 Å². The van der Waals surface area contributed by atoms with Crippen LogP contribution < -0.4 is 5.32 Å². The zero-order valence-corrected chi connectivity index (χ0v) is 11.4. The Labute approximate surface area is 107 Å². The minimum absolute atomic E-state index is 0.797. The first-order valence-electron chi connectivity index (χ1n) is 7.71. The Balaban J connectivity index is 1.82. The minimum atomic E-state index is 0.797. The van der Waals surface area contributed by atoms with E-state index in [0.29, 0.717) is 0 Å². The lowest BCUT2D eigenvalue weighted by Crippen LogP contribution is -2.33. The maximum absolute atomic E-state index is 5.50. The van der Waals surface area contributed by atoms with Crippen molar-refractivity contribution in [1.82, 2.24) is 5.32 Å². The topological polar surface area (TPSA) is 21.3 Å². The van der Waals surface area contributed by atoms with Crippen LogP contribution in [0.4, 0.5) is 0 Å². The highest BCUT2D eigenvalue weighted by Crippen LogP contribution is 2.34. The molecule has 2 rings (SSSR count). The highest BCUT2D eigenvalue weighted by molar-refractivity contribution is 4.81. The van der Waals surface area contributed by atoms with E-state index >= 15 is 0 Å². The summed E-state index contributed by atoms with van der Waals surface area (Å²) < 4.78 is 5.50. The van der Waals surface area contributed by atoms with Crippen LogP contribution in [0, 0.1) is 11.8 Å². The molecule has 0 spiro atoms. The van der Waals surface area contributed by atoms with E-state index in [2.05, 4.69) is 12.2 Å². The molecule has 0 amide bonds. The predicted molar refractivity (Wildman–Crippen MR) is 72.2 cm³/mol. The van der Waals surface area contributed by atoms with Gasteiger partial charge in [0.05, 0.1) is 0 Å². The van der Waals surface area contributed by atoms with Crippen LogP contribution in [0.25, 0.3) is 0 Å². The molecule has 2 aliphatic rings. The molecule has 2 fully saturated rings. The molecule has 0 bridgehead atoms. The van der Waals surface area contributed by atoms with Crippen molar-refractivity contribution in [3.63, 3.8) is 0 Å². The molecule has 0 radical (unpaired) electrons. The van der Waals surface area contributed by atoms with Gasteiger partial charge in [-0.3, -0.25) is 0 Å². The fourth-order valence-corrected chi connectivity index (χ4v) is 3.55. The highest BCUT2D eigenvalue weighted by atomic mass is 16.5. The molecule has 0 aromatic heterocycles. The number of hydrogen-bond acceptors (Lipinski definition) is 2. The summed E-state index contributed by atoms with van der Waals surface area (Å²) >= 11 is 0. The van der Waals surface area contributed by atoms with E-state index in [9.17, 15) is 0 Å². The molecule has 2 atom stereocenters. The fourth-order valence-electron chi connectivity index (χ4n) is 3.55. The summed E-state index contributed by atoms with van der Waals surface area (Å²) in [6.45, 7) is 5.48. The molecule has 2 heteroatoms. The molecule has 1 N–H and O–H groups in total. The summed E-state index contributed by atoms with van der Waals surface area (Å²) in [4.78, 5) is 0. The van der Waals surface area contributed by atoms with Crippen molar-refractivity contribution < 1.29 is 4.74 Å². The van der Waals surface area contributed by atoms with Gasteiger partial charge in [0.1, 0.15) is 0 Å². The standard InChI is InChI=1S/C15H29NO/c1-2-9-16-15-6-4-3-5-14(12-15)13-7-10-17-11-8-13/h13-16H,2-12H2,1H3. The van der Waals surface area contributed by atoms with Crippen molar-refractivity contribution >= 4 is 0 Å². The molecule has 1 heterocycles. The largest absolute Gasteiger partial charge is 0.381 e. The van der Waals surface area contributed by atoms with E-state index in [1.807, 2.05) is 0 Å². The molecule has 17 heavy (non-hydrogen) atoms. The second-order valence-corrected chi connectivity index (χ2v) is 5.88. The Hall–Kier alpha value is -0.0800. The van der Waals surface area contributed by atoms with Gasteiger partial charge in [-0.25, -0.2) is 0 Å². The summed E-state index contributed by atoms with van der Waals surface area (Å²) in [6.07, 6.45) is 11.1. The van der Waals surface area contributed by atoms with Gasteiger partial charge >= 0.3 is 0 Å². The SMILES string of the molecule is CCCNC1CCCCC(C2CCOCC2)C1. The maximum atomic E-state index is 5.50. The molecule has 2 unspecified atom stereocenters. The third-order valence-corrected chi connectivity index (χ3v) is 4.58. The quantitative estimate of drug-likeness (QED) is 0.760. The Morgan fingerprint density at radius 2 is 1.76 bits per heavy atom. The van der Waals surface area contributed by atoms with Gasteiger partial charge in [0.15, 0.2) is 0 Å². The predicted octanol–water partition coefficient (Wildman–Crippen LogP) is 3.36. The average molecular weight is 239 g/mol. The molecule has 1 aliphatic carbocycles. The molecule has 1 aliphatic heterocycles. The molecule has 0 aromatic carbocycles. The maximum Gasteiger partial charge on any atom is 0.0468 e. The number of hydrogen-bond donors (Lipinski definition) is 1. The molecular formula is C15H29NO. The first-order chi connectivity index (χ1) is 8.40. The van der Waals surface area contributed by atoms with Crippen molar-refractivity contribution in [3.8, 4) is 0 Å². The van der Waals surface area contributed by atoms with Crippen LogP contribution >= 0.6 is 0 Å². The van der Waals surface area contributed by atoms with Gasteiger partial charge in [-0.1, -0.05) is 26.2 Å². The van der Waals surface area contributed by atoms with Gasteiger partial charge in [0.2, 0.25) is 0 Å². The zero-order valence-electron chi connectivity index (χ0n) is 11.4. The van der Waals surface area contributed by atoms with E-state index in [-0.39, 0.29) is 0 Å². The number of nitrogens with one attached hydrogen (secondary N) is 1. The second-order valence-electron chi connectivity index (χ2n) is 5.88. The number of rotatable bonds is 4. The summed E-state index contributed by atoms with van der Waals surface area (Å²) in [5, 5.41) is 3.75. The zero-order chi connectivity index (χ0) is 11.9. The van der Waals surface area contributed by atoms with Crippen molar-refractivity contribution in [2.24, 2.45) is 11.8 Å². The minimum Gasteiger partial charge on any atom is -0.381 e. The fraction of sp³-hybridized carbons (Fsp3) is 1.00. The molecule has 0 aromatic rings. The molecule has 2 nitrogen and oxygen atoms in total. The van der Waals surface area contributed by atoms with Crippen LogP contribution in [-0.4, -0.2) is 25.8 Å². The van der Waals surface area contributed by atoms with Crippen molar-refractivity contribution in [2.75, 3.05) is 19.8 Å². The van der Waals surface area contributed by atoms with E-state index < -0.39 is 0 Å². The first kappa shape index (κ1) is 13.4. The third kappa shape index (κ3) is 4.26. The lowest BCUT2D eigenvalue weighted by Gasteiger charge is -2.31. The lowest BCUT2D eigenvalue weighted by atomic mass is 9.80. The van der Waals surface area contributed by atoms with Crippen LogP contribution in [0.3, 0.4) is 0 Å². The summed E-state index contributed by atoms with van der Waals surface area (Å²) in [6, 6.07) is 0.797. The Kier molecular flexibility index (Phi) is 5.79. The van der Waals surface area contributed by atoms with E-state index in [4.69, 9.17) is 4.74 Å². The summed E-state index contributed by atoms with van der Waals surface area (Å²) in [5.74, 6) is 1.92. The Morgan fingerprint density at radius 1 is 1.00 bits per heavy atom. The van der Waals surface area contributed by atoms with E-state index in [1.165, 1.54) is 57.9 Å². The van der Waals surface area contributed by atoms with Crippen LogP contribution in [0.1, 0.15) is 58.3 Å². The smallest absolute Gasteiger partial charge is 0.0468 e. The van der Waals surface area contributed by atoms with Gasteiger partial charge in [0.25, 0.3) is 0 Å². The summed E-state index contributed by atoms with van der Waals surface area (Å²) in [5.41, 5.74) is 0. The average Bonchev–Trinajstić information content (AvgIpc) is 2.63. The van der Waals surface area contributed by atoms with Gasteiger partial charge in [-0.05, 0) is 50.5 Å². The van der Waals surface area contributed by atoms with Gasteiger partial charge in [-0.15, -0.1) is 0 Å². The van der Waals surface area contributed by atoms with Crippen molar-refractivity contribution in [3.05, 3.63) is 0 Å². The highest BCUT2D eigenvalue weighted by Gasteiger charge is 2.27. The van der Waals surface area contributed by atoms with Crippen LogP contribution in [0.15, 0.2) is 0 Å².